The Labute approximate surface area is 75.5 Å². The first-order chi connectivity index (χ1) is 6.29. The van der Waals surface area contributed by atoms with E-state index >= 15 is 0 Å². The van der Waals surface area contributed by atoms with Gasteiger partial charge in [-0.1, -0.05) is 12.6 Å². The minimum Gasteiger partial charge on any atom is -0.248 e. The number of benzene rings is 1. The van der Waals surface area contributed by atoms with Gasteiger partial charge in [-0.15, -0.1) is 0 Å². The van der Waals surface area contributed by atoms with Crippen LogP contribution in [-0.2, 0) is 0 Å². The SMILES string of the molecule is C=Cc1ccc2ccc(F)cc2n1. The van der Waals surface area contributed by atoms with E-state index in [4.69, 9.17) is 0 Å². The molecule has 1 aromatic heterocycles. The predicted octanol–water partition coefficient (Wildman–Crippen LogP) is 3.02. The molecule has 0 unspecified atom stereocenters. The summed E-state index contributed by atoms with van der Waals surface area (Å²) in [6.45, 7) is 3.60. The summed E-state index contributed by atoms with van der Waals surface area (Å²) in [4.78, 5) is 4.20. The minimum atomic E-state index is -0.263. The van der Waals surface area contributed by atoms with Crippen LogP contribution in [-0.4, -0.2) is 4.98 Å². The van der Waals surface area contributed by atoms with Gasteiger partial charge in [-0.3, -0.25) is 0 Å². The molecule has 1 aromatic carbocycles. The highest BCUT2D eigenvalue weighted by Crippen LogP contribution is 2.14. The van der Waals surface area contributed by atoms with Crippen molar-refractivity contribution in [1.82, 2.24) is 4.98 Å². The maximum atomic E-state index is 12.8. The smallest absolute Gasteiger partial charge is 0.125 e. The maximum Gasteiger partial charge on any atom is 0.125 e. The monoisotopic (exact) mass is 173 g/mol. The van der Waals surface area contributed by atoms with Crippen molar-refractivity contribution in [1.29, 1.82) is 0 Å². The van der Waals surface area contributed by atoms with Crippen LogP contribution in [0.1, 0.15) is 5.69 Å². The highest BCUT2D eigenvalue weighted by atomic mass is 19.1. The summed E-state index contributed by atoms with van der Waals surface area (Å²) in [5.41, 5.74) is 1.43. The van der Waals surface area contributed by atoms with E-state index in [2.05, 4.69) is 11.6 Å². The molecule has 0 saturated heterocycles. The van der Waals surface area contributed by atoms with Crippen LogP contribution < -0.4 is 0 Å². The number of hydrogen-bond donors (Lipinski definition) is 0. The number of hydrogen-bond acceptors (Lipinski definition) is 1. The molecule has 13 heavy (non-hydrogen) atoms. The van der Waals surface area contributed by atoms with Crippen molar-refractivity contribution < 1.29 is 4.39 Å². The van der Waals surface area contributed by atoms with Crippen LogP contribution in [0.3, 0.4) is 0 Å². The average Bonchev–Trinajstić information content (AvgIpc) is 2.16. The third-order valence-electron chi connectivity index (χ3n) is 1.88. The van der Waals surface area contributed by atoms with E-state index in [0.717, 1.165) is 11.1 Å². The Balaban J connectivity index is 2.74. The van der Waals surface area contributed by atoms with Crippen LogP contribution in [0.15, 0.2) is 36.9 Å². The lowest BCUT2D eigenvalue weighted by Crippen LogP contribution is -1.83. The van der Waals surface area contributed by atoms with Gasteiger partial charge in [0.05, 0.1) is 11.2 Å². The highest BCUT2D eigenvalue weighted by molar-refractivity contribution is 5.79. The van der Waals surface area contributed by atoms with Crippen LogP contribution in [0.2, 0.25) is 0 Å². The van der Waals surface area contributed by atoms with Crippen LogP contribution in [0.5, 0.6) is 0 Å². The van der Waals surface area contributed by atoms with Crippen molar-refractivity contribution in [2.24, 2.45) is 0 Å². The van der Waals surface area contributed by atoms with Crippen molar-refractivity contribution in [3.8, 4) is 0 Å². The normalized spacial score (nSPS) is 10.2. The topological polar surface area (TPSA) is 12.9 Å². The Morgan fingerprint density at radius 3 is 2.77 bits per heavy atom. The maximum absolute atomic E-state index is 12.8. The predicted molar refractivity (Wildman–Crippen MR) is 51.8 cm³/mol. The van der Waals surface area contributed by atoms with Gasteiger partial charge in [-0.25, -0.2) is 9.37 Å². The Kier molecular flexibility index (Phi) is 1.81. The largest absolute Gasteiger partial charge is 0.248 e. The standard InChI is InChI=1S/C11H8FN/c1-2-10-6-4-8-3-5-9(12)7-11(8)13-10/h2-7H,1H2. The number of aromatic nitrogens is 1. The molecule has 1 heterocycles. The summed E-state index contributed by atoms with van der Waals surface area (Å²) in [5.74, 6) is -0.263. The van der Waals surface area contributed by atoms with E-state index in [-0.39, 0.29) is 5.82 Å². The van der Waals surface area contributed by atoms with Gasteiger partial charge in [-0.2, -0.15) is 0 Å². The molecule has 0 saturated carbocycles. The summed E-state index contributed by atoms with van der Waals surface area (Å²) in [7, 11) is 0. The first-order valence-electron chi connectivity index (χ1n) is 3.98. The molecule has 0 N–H and O–H groups in total. The number of halogens is 1. The highest BCUT2D eigenvalue weighted by Gasteiger charge is 1.96. The van der Waals surface area contributed by atoms with E-state index in [1.807, 2.05) is 12.1 Å². The fourth-order valence-corrected chi connectivity index (χ4v) is 1.22. The number of pyridine rings is 1. The Bertz CT molecular complexity index is 463. The van der Waals surface area contributed by atoms with E-state index in [1.54, 1.807) is 12.1 Å². The third-order valence-corrected chi connectivity index (χ3v) is 1.88. The number of nitrogens with zero attached hydrogens (tertiary/aromatic N) is 1. The number of rotatable bonds is 1. The van der Waals surface area contributed by atoms with Crippen LogP contribution in [0.4, 0.5) is 4.39 Å². The molecule has 0 aliphatic carbocycles. The lowest BCUT2D eigenvalue weighted by atomic mass is 10.2. The second-order valence-electron chi connectivity index (χ2n) is 2.78. The molecule has 0 bridgehead atoms. The van der Waals surface area contributed by atoms with Crippen molar-refractivity contribution in [2.75, 3.05) is 0 Å². The lowest BCUT2D eigenvalue weighted by molar-refractivity contribution is 0.629. The van der Waals surface area contributed by atoms with Gasteiger partial charge >= 0.3 is 0 Å². The molecule has 0 spiro atoms. The Hall–Kier alpha value is -1.70. The van der Waals surface area contributed by atoms with Crippen LogP contribution >= 0.6 is 0 Å². The molecular weight excluding hydrogens is 165 g/mol. The van der Waals surface area contributed by atoms with Gasteiger partial charge < -0.3 is 0 Å². The summed E-state index contributed by atoms with van der Waals surface area (Å²) in [6.07, 6.45) is 1.64. The summed E-state index contributed by atoms with van der Waals surface area (Å²) in [5, 5.41) is 0.937. The fourth-order valence-electron chi connectivity index (χ4n) is 1.22. The summed E-state index contributed by atoms with van der Waals surface area (Å²) in [6, 6.07) is 8.32. The molecule has 1 nitrogen and oxygen atoms in total. The molecule has 0 aliphatic heterocycles. The molecule has 0 amide bonds. The first kappa shape index (κ1) is 7.92. The van der Waals surface area contributed by atoms with Gasteiger partial charge in [0.25, 0.3) is 0 Å². The van der Waals surface area contributed by atoms with E-state index in [9.17, 15) is 4.39 Å². The zero-order valence-electron chi connectivity index (χ0n) is 7.00. The van der Waals surface area contributed by atoms with Crippen LogP contribution in [0, 0.1) is 5.82 Å². The second kappa shape index (κ2) is 2.98. The Morgan fingerprint density at radius 1 is 1.23 bits per heavy atom. The van der Waals surface area contributed by atoms with E-state index in [0.29, 0.717) is 5.52 Å². The van der Waals surface area contributed by atoms with E-state index < -0.39 is 0 Å². The van der Waals surface area contributed by atoms with Crippen LogP contribution in [0.25, 0.3) is 17.0 Å². The molecule has 0 aliphatic rings. The fraction of sp³-hybridized carbons (Fsp3) is 0. The Morgan fingerprint density at radius 2 is 2.00 bits per heavy atom. The zero-order chi connectivity index (χ0) is 9.26. The second-order valence-corrected chi connectivity index (χ2v) is 2.78. The molecule has 64 valence electrons. The zero-order valence-corrected chi connectivity index (χ0v) is 7.00. The average molecular weight is 173 g/mol. The summed E-state index contributed by atoms with van der Waals surface area (Å²) < 4.78 is 12.8. The van der Waals surface area contributed by atoms with Gasteiger partial charge in [0, 0.05) is 11.5 Å². The molecule has 2 aromatic rings. The quantitative estimate of drug-likeness (QED) is 0.646. The van der Waals surface area contributed by atoms with Gasteiger partial charge in [0.15, 0.2) is 0 Å². The van der Waals surface area contributed by atoms with Crippen molar-refractivity contribution in [2.45, 2.75) is 0 Å². The third kappa shape index (κ3) is 1.43. The van der Waals surface area contributed by atoms with Crippen molar-refractivity contribution in [3.05, 3.63) is 48.4 Å². The first-order valence-corrected chi connectivity index (χ1v) is 3.98. The van der Waals surface area contributed by atoms with E-state index in [1.165, 1.54) is 12.1 Å². The number of fused-ring (bicyclic) bond motifs is 1. The molecule has 0 fully saturated rings. The van der Waals surface area contributed by atoms with Gasteiger partial charge in [0.1, 0.15) is 5.82 Å². The molecular formula is C11H8FN. The van der Waals surface area contributed by atoms with Gasteiger partial charge in [-0.05, 0) is 24.3 Å². The lowest BCUT2D eigenvalue weighted by Gasteiger charge is -1.98. The molecule has 2 rings (SSSR count). The molecule has 0 atom stereocenters. The van der Waals surface area contributed by atoms with Gasteiger partial charge in [0.2, 0.25) is 0 Å². The van der Waals surface area contributed by atoms with Crippen molar-refractivity contribution in [3.63, 3.8) is 0 Å². The summed E-state index contributed by atoms with van der Waals surface area (Å²) >= 11 is 0. The molecule has 0 radical (unpaired) electrons. The minimum absolute atomic E-state index is 0.263. The molecule has 2 heteroatoms. The van der Waals surface area contributed by atoms with Crippen molar-refractivity contribution >= 4 is 17.0 Å².